The first-order valence-corrected chi connectivity index (χ1v) is 6.87. The predicted molar refractivity (Wildman–Crippen MR) is 76.6 cm³/mol. The largest absolute Gasteiger partial charge is 0.492 e. The van der Waals surface area contributed by atoms with Gasteiger partial charge in [0, 0.05) is 12.6 Å². The minimum Gasteiger partial charge on any atom is -0.492 e. The molecule has 1 atom stereocenters. The Balaban J connectivity index is 1.72. The van der Waals surface area contributed by atoms with Crippen molar-refractivity contribution < 1.29 is 14.8 Å². The third kappa shape index (κ3) is 4.23. The van der Waals surface area contributed by atoms with Gasteiger partial charge in [-0.25, -0.2) is 0 Å². The number of hydrogen-bond donors (Lipinski definition) is 2. The van der Waals surface area contributed by atoms with Gasteiger partial charge in [0.15, 0.2) is 0 Å². The molecule has 0 radical (unpaired) electrons. The Morgan fingerprint density at radius 1 is 1.32 bits per heavy atom. The van der Waals surface area contributed by atoms with Crippen LogP contribution in [0, 0.1) is 5.92 Å². The van der Waals surface area contributed by atoms with Crippen molar-refractivity contribution in [1.82, 2.24) is 4.90 Å². The van der Waals surface area contributed by atoms with Crippen LogP contribution in [0.3, 0.4) is 0 Å². The SMILES string of the molecule is CC(C1CC1)N(C)CCOc1ccc(B(O)O)cc1. The molecule has 2 rings (SSSR count). The molecule has 4 nitrogen and oxygen atoms in total. The Hall–Kier alpha value is -1.04. The van der Waals surface area contributed by atoms with Gasteiger partial charge in [0.2, 0.25) is 0 Å². The van der Waals surface area contributed by atoms with E-state index >= 15 is 0 Å². The summed E-state index contributed by atoms with van der Waals surface area (Å²) in [5, 5.41) is 18.0. The van der Waals surface area contributed by atoms with Gasteiger partial charge in [-0.1, -0.05) is 12.1 Å². The molecule has 1 saturated carbocycles. The van der Waals surface area contributed by atoms with Crippen molar-refractivity contribution >= 4 is 12.6 Å². The van der Waals surface area contributed by atoms with Crippen molar-refractivity contribution in [3.63, 3.8) is 0 Å². The minimum atomic E-state index is -1.42. The van der Waals surface area contributed by atoms with E-state index in [-0.39, 0.29) is 0 Å². The molecule has 1 fully saturated rings. The molecule has 1 unspecified atom stereocenters. The van der Waals surface area contributed by atoms with Gasteiger partial charge < -0.3 is 19.7 Å². The lowest BCUT2D eigenvalue weighted by Gasteiger charge is -2.24. The van der Waals surface area contributed by atoms with Gasteiger partial charge in [0.25, 0.3) is 0 Å². The maximum absolute atomic E-state index is 8.99. The molecule has 1 aliphatic rings. The van der Waals surface area contributed by atoms with Crippen LogP contribution in [-0.2, 0) is 0 Å². The third-order valence-electron chi connectivity index (χ3n) is 3.89. The quantitative estimate of drug-likeness (QED) is 0.702. The summed E-state index contributed by atoms with van der Waals surface area (Å²) in [6, 6.07) is 7.49. The lowest BCUT2D eigenvalue weighted by Crippen LogP contribution is -2.34. The van der Waals surface area contributed by atoms with E-state index in [1.165, 1.54) is 12.8 Å². The van der Waals surface area contributed by atoms with Gasteiger partial charge in [0.05, 0.1) is 0 Å². The summed E-state index contributed by atoms with van der Waals surface area (Å²) in [4.78, 5) is 2.34. The number of benzene rings is 1. The summed E-state index contributed by atoms with van der Waals surface area (Å²) < 4.78 is 5.66. The zero-order valence-electron chi connectivity index (χ0n) is 11.6. The van der Waals surface area contributed by atoms with Crippen LogP contribution >= 0.6 is 0 Å². The molecule has 0 saturated heterocycles. The van der Waals surface area contributed by atoms with Crippen LogP contribution in [0.1, 0.15) is 19.8 Å². The first-order chi connectivity index (χ1) is 9.08. The summed E-state index contributed by atoms with van der Waals surface area (Å²) in [6.45, 7) is 3.83. The molecule has 0 bridgehead atoms. The smallest absolute Gasteiger partial charge is 0.488 e. The van der Waals surface area contributed by atoms with Crippen molar-refractivity contribution in [3.05, 3.63) is 24.3 Å². The van der Waals surface area contributed by atoms with E-state index in [1.54, 1.807) is 24.3 Å². The van der Waals surface area contributed by atoms with Crippen molar-refractivity contribution in [2.75, 3.05) is 20.2 Å². The average Bonchev–Trinajstić information content (AvgIpc) is 3.22. The highest BCUT2D eigenvalue weighted by Crippen LogP contribution is 2.34. The number of nitrogens with zero attached hydrogens (tertiary/aromatic N) is 1. The van der Waals surface area contributed by atoms with E-state index in [0.29, 0.717) is 18.1 Å². The van der Waals surface area contributed by atoms with Crippen LogP contribution in [-0.4, -0.2) is 48.3 Å². The molecule has 1 aromatic rings. The Bertz CT molecular complexity index is 392. The molecule has 1 aliphatic carbocycles. The molecule has 0 spiro atoms. The van der Waals surface area contributed by atoms with E-state index in [9.17, 15) is 0 Å². The topological polar surface area (TPSA) is 52.9 Å². The molecule has 0 amide bonds. The Kier molecular flexibility index (Phi) is 4.85. The van der Waals surface area contributed by atoms with E-state index in [1.807, 2.05) is 0 Å². The molecule has 104 valence electrons. The van der Waals surface area contributed by atoms with E-state index in [0.717, 1.165) is 18.2 Å². The molecule has 2 N–H and O–H groups in total. The zero-order valence-corrected chi connectivity index (χ0v) is 11.6. The molecule has 1 aromatic carbocycles. The van der Waals surface area contributed by atoms with Gasteiger partial charge in [0.1, 0.15) is 12.4 Å². The fourth-order valence-electron chi connectivity index (χ4n) is 2.19. The predicted octanol–water partition coefficient (Wildman–Crippen LogP) is 0.475. The molecular weight excluding hydrogens is 241 g/mol. The monoisotopic (exact) mass is 263 g/mol. The van der Waals surface area contributed by atoms with Crippen LogP contribution in [0.5, 0.6) is 5.75 Å². The first-order valence-electron chi connectivity index (χ1n) is 6.87. The van der Waals surface area contributed by atoms with E-state index in [2.05, 4.69) is 18.9 Å². The third-order valence-corrected chi connectivity index (χ3v) is 3.89. The van der Waals surface area contributed by atoms with Crippen LogP contribution in [0.4, 0.5) is 0 Å². The minimum absolute atomic E-state index is 0.479. The Labute approximate surface area is 115 Å². The molecule has 0 aromatic heterocycles. The Morgan fingerprint density at radius 2 is 1.95 bits per heavy atom. The number of ether oxygens (including phenoxy) is 1. The van der Waals surface area contributed by atoms with Gasteiger partial charge in [-0.15, -0.1) is 0 Å². The zero-order chi connectivity index (χ0) is 13.8. The summed E-state index contributed by atoms with van der Waals surface area (Å²) in [7, 11) is 0.719. The second kappa shape index (κ2) is 6.41. The maximum atomic E-state index is 8.99. The van der Waals surface area contributed by atoms with Crippen LogP contribution < -0.4 is 10.2 Å². The maximum Gasteiger partial charge on any atom is 0.488 e. The van der Waals surface area contributed by atoms with Gasteiger partial charge in [-0.05, 0) is 50.3 Å². The van der Waals surface area contributed by atoms with Crippen LogP contribution in [0.25, 0.3) is 0 Å². The number of rotatable bonds is 7. The van der Waals surface area contributed by atoms with Crippen molar-refractivity contribution in [2.24, 2.45) is 5.92 Å². The second-order valence-electron chi connectivity index (χ2n) is 5.35. The van der Waals surface area contributed by atoms with Crippen LogP contribution in [0.2, 0.25) is 0 Å². The van der Waals surface area contributed by atoms with Crippen molar-refractivity contribution in [2.45, 2.75) is 25.8 Å². The highest BCUT2D eigenvalue weighted by molar-refractivity contribution is 6.58. The molecule has 0 heterocycles. The highest BCUT2D eigenvalue weighted by Gasteiger charge is 2.30. The van der Waals surface area contributed by atoms with E-state index < -0.39 is 7.12 Å². The van der Waals surface area contributed by atoms with Gasteiger partial charge >= 0.3 is 7.12 Å². The fourth-order valence-corrected chi connectivity index (χ4v) is 2.19. The highest BCUT2D eigenvalue weighted by atomic mass is 16.5. The second-order valence-corrected chi connectivity index (χ2v) is 5.35. The standard InChI is InChI=1S/C14H22BNO3/c1-11(12-3-4-12)16(2)9-10-19-14-7-5-13(6-8-14)15(17)18/h5-8,11-12,17-18H,3-4,9-10H2,1-2H3. The van der Waals surface area contributed by atoms with Crippen LogP contribution in [0.15, 0.2) is 24.3 Å². The van der Waals surface area contributed by atoms with Crippen molar-refractivity contribution in [3.8, 4) is 5.75 Å². The normalized spacial score (nSPS) is 16.5. The molecular formula is C14H22BNO3. The average molecular weight is 263 g/mol. The van der Waals surface area contributed by atoms with E-state index in [4.69, 9.17) is 14.8 Å². The molecule has 19 heavy (non-hydrogen) atoms. The van der Waals surface area contributed by atoms with Gasteiger partial charge in [-0.3, -0.25) is 0 Å². The Morgan fingerprint density at radius 3 is 2.47 bits per heavy atom. The first kappa shape index (κ1) is 14.4. The molecule has 5 heteroatoms. The van der Waals surface area contributed by atoms with Crippen molar-refractivity contribution in [1.29, 1.82) is 0 Å². The summed E-state index contributed by atoms with van der Waals surface area (Å²) in [5.41, 5.74) is 0.479. The summed E-state index contributed by atoms with van der Waals surface area (Å²) >= 11 is 0. The summed E-state index contributed by atoms with van der Waals surface area (Å²) in [5.74, 6) is 1.63. The fraction of sp³-hybridized carbons (Fsp3) is 0.571. The number of hydrogen-bond acceptors (Lipinski definition) is 4. The summed E-state index contributed by atoms with van der Waals surface area (Å²) in [6.07, 6.45) is 2.72. The lowest BCUT2D eigenvalue weighted by molar-refractivity contribution is 0.186. The molecule has 0 aliphatic heterocycles. The number of likely N-dealkylation sites (N-methyl/N-ethyl adjacent to an activating group) is 1. The van der Waals surface area contributed by atoms with Gasteiger partial charge in [-0.2, -0.15) is 0 Å². The lowest BCUT2D eigenvalue weighted by atomic mass is 9.80.